The Balaban J connectivity index is 1.36. The van der Waals surface area contributed by atoms with Gasteiger partial charge in [-0.25, -0.2) is 4.68 Å². The summed E-state index contributed by atoms with van der Waals surface area (Å²) < 4.78 is 1.91. The van der Waals surface area contributed by atoms with Gasteiger partial charge in [0.2, 0.25) is 0 Å². The number of pyridine rings is 1. The molecule has 1 amide bonds. The summed E-state index contributed by atoms with van der Waals surface area (Å²) in [5, 5.41) is 8.58. The fourth-order valence-corrected chi connectivity index (χ4v) is 3.32. The van der Waals surface area contributed by atoms with E-state index in [0.717, 1.165) is 35.1 Å². The number of amides is 1. The van der Waals surface area contributed by atoms with Crippen molar-refractivity contribution < 1.29 is 4.79 Å². The van der Waals surface area contributed by atoms with Crippen LogP contribution in [0.2, 0.25) is 0 Å². The van der Waals surface area contributed by atoms with Crippen LogP contribution in [0.5, 0.6) is 0 Å². The van der Waals surface area contributed by atoms with Gasteiger partial charge in [-0.2, -0.15) is 5.10 Å². The average Bonchev–Trinajstić information content (AvgIpc) is 3.12. The second kappa shape index (κ2) is 8.05. The van der Waals surface area contributed by atoms with Gasteiger partial charge >= 0.3 is 0 Å². The molecule has 0 aliphatic carbocycles. The molecule has 5 heteroatoms. The number of carbonyl (C=O) groups excluding carboxylic acids is 1. The summed E-state index contributed by atoms with van der Waals surface area (Å²) in [6.07, 6.45) is 5.51. The maximum Gasteiger partial charge on any atom is 0.253 e. The van der Waals surface area contributed by atoms with Gasteiger partial charge < -0.3 is 5.32 Å². The molecule has 0 bridgehead atoms. The maximum atomic E-state index is 12.6. The average molecular weight is 370 g/mol. The number of nitrogens with one attached hydrogen (secondary N) is 1. The zero-order valence-electron chi connectivity index (χ0n) is 15.8. The number of aromatic nitrogens is 3. The molecule has 0 saturated carbocycles. The van der Waals surface area contributed by atoms with Gasteiger partial charge in [0.1, 0.15) is 0 Å². The van der Waals surface area contributed by atoms with Gasteiger partial charge in [-0.3, -0.25) is 9.78 Å². The van der Waals surface area contributed by atoms with E-state index in [9.17, 15) is 4.79 Å². The molecule has 0 aliphatic heterocycles. The SMILES string of the molecule is Cc1nn(-c2ccccc2)cc1CCCNC(=O)c1cccc2cccnc12. The topological polar surface area (TPSA) is 59.8 Å². The summed E-state index contributed by atoms with van der Waals surface area (Å²) in [7, 11) is 0. The molecule has 0 spiro atoms. The summed E-state index contributed by atoms with van der Waals surface area (Å²) in [6, 6.07) is 19.6. The maximum absolute atomic E-state index is 12.6. The minimum absolute atomic E-state index is 0.0824. The molecule has 0 fully saturated rings. The lowest BCUT2D eigenvalue weighted by molar-refractivity contribution is 0.0954. The summed E-state index contributed by atoms with van der Waals surface area (Å²) >= 11 is 0. The van der Waals surface area contributed by atoms with E-state index >= 15 is 0 Å². The summed E-state index contributed by atoms with van der Waals surface area (Å²) in [4.78, 5) is 16.9. The lowest BCUT2D eigenvalue weighted by atomic mass is 10.1. The zero-order valence-corrected chi connectivity index (χ0v) is 15.8. The quantitative estimate of drug-likeness (QED) is 0.520. The second-order valence-electron chi connectivity index (χ2n) is 6.76. The number of fused-ring (bicyclic) bond motifs is 1. The number of hydrogen-bond acceptors (Lipinski definition) is 3. The number of hydrogen-bond donors (Lipinski definition) is 1. The zero-order chi connectivity index (χ0) is 19.3. The Labute approximate surface area is 164 Å². The van der Waals surface area contributed by atoms with Crippen LogP contribution in [0.4, 0.5) is 0 Å². The van der Waals surface area contributed by atoms with E-state index in [1.807, 2.05) is 72.3 Å². The number of benzene rings is 2. The molecule has 0 unspecified atom stereocenters. The monoisotopic (exact) mass is 370 g/mol. The van der Waals surface area contributed by atoms with Gasteiger partial charge in [-0.15, -0.1) is 0 Å². The van der Waals surface area contributed by atoms with Crippen LogP contribution < -0.4 is 5.32 Å². The number of nitrogens with zero attached hydrogens (tertiary/aromatic N) is 3. The first-order valence-electron chi connectivity index (χ1n) is 9.45. The summed E-state index contributed by atoms with van der Waals surface area (Å²) in [5.41, 5.74) is 4.63. The summed E-state index contributed by atoms with van der Waals surface area (Å²) in [5.74, 6) is -0.0824. The second-order valence-corrected chi connectivity index (χ2v) is 6.76. The van der Waals surface area contributed by atoms with Crippen molar-refractivity contribution >= 4 is 16.8 Å². The molecule has 2 aromatic heterocycles. The van der Waals surface area contributed by atoms with Crippen LogP contribution in [0.25, 0.3) is 16.6 Å². The molecular weight excluding hydrogens is 348 g/mol. The van der Waals surface area contributed by atoms with Crippen molar-refractivity contribution in [3.05, 3.63) is 89.9 Å². The molecule has 0 radical (unpaired) electrons. The number of aryl methyl sites for hydroxylation is 2. The van der Waals surface area contributed by atoms with E-state index in [2.05, 4.69) is 21.6 Å². The van der Waals surface area contributed by atoms with Gasteiger partial charge in [0, 0.05) is 24.3 Å². The third kappa shape index (κ3) is 3.78. The van der Waals surface area contributed by atoms with E-state index in [4.69, 9.17) is 0 Å². The molecule has 2 aromatic carbocycles. The van der Waals surface area contributed by atoms with Crippen LogP contribution in [0.1, 0.15) is 28.0 Å². The largest absolute Gasteiger partial charge is 0.352 e. The fourth-order valence-electron chi connectivity index (χ4n) is 3.32. The first-order chi connectivity index (χ1) is 13.7. The van der Waals surface area contributed by atoms with Gasteiger partial charge in [-0.1, -0.05) is 36.4 Å². The molecule has 2 heterocycles. The lowest BCUT2D eigenvalue weighted by Crippen LogP contribution is -2.25. The highest BCUT2D eigenvalue weighted by Gasteiger charge is 2.11. The Kier molecular flexibility index (Phi) is 5.15. The molecule has 4 aromatic rings. The first-order valence-corrected chi connectivity index (χ1v) is 9.45. The van der Waals surface area contributed by atoms with Crippen LogP contribution in [0.15, 0.2) is 73.1 Å². The lowest BCUT2D eigenvalue weighted by Gasteiger charge is -2.07. The van der Waals surface area contributed by atoms with E-state index in [1.165, 1.54) is 5.56 Å². The van der Waals surface area contributed by atoms with Gasteiger partial charge in [0.15, 0.2) is 0 Å². The van der Waals surface area contributed by atoms with Crippen molar-refractivity contribution in [2.45, 2.75) is 19.8 Å². The number of para-hydroxylation sites is 2. The van der Waals surface area contributed by atoms with Crippen LogP contribution in [0, 0.1) is 6.92 Å². The standard InChI is InChI=1S/C23H22N4O/c1-17-19(16-27(26-17)20-11-3-2-4-12-20)10-7-15-25-23(28)21-13-5-8-18-9-6-14-24-22(18)21/h2-6,8-9,11-14,16H,7,10,15H2,1H3,(H,25,28). The van der Waals surface area contributed by atoms with Crippen LogP contribution in [0.3, 0.4) is 0 Å². The molecule has 1 N–H and O–H groups in total. The predicted octanol–water partition coefficient (Wildman–Crippen LogP) is 4.09. The normalized spacial score (nSPS) is 10.9. The van der Waals surface area contributed by atoms with Crippen molar-refractivity contribution in [3.63, 3.8) is 0 Å². The molecule has 28 heavy (non-hydrogen) atoms. The van der Waals surface area contributed by atoms with E-state index in [1.54, 1.807) is 6.20 Å². The molecule has 0 atom stereocenters. The third-order valence-electron chi connectivity index (χ3n) is 4.81. The Morgan fingerprint density at radius 3 is 2.71 bits per heavy atom. The van der Waals surface area contributed by atoms with Crippen LogP contribution >= 0.6 is 0 Å². The predicted molar refractivity (Wildman–Crippen MR) is 111 cm³/mol. The van der Waals surface area contributed by atoms with Gasteiger partial charge in [-0.05, 0) is 49.6 Å². The van der Waals surface area contributed by atoms with Crippen LogP contribution in [-0.4, -0.2) is 27.2 Å². The van der Waals surface area contributed by atoms with E-state index < -0.39 is 0 Å². The molecule has 5 nitrogen and oxygen atoms in total. The third-order valence-corrected chi connectivity index (χ3v) is 4.81. The highest BCUT2D eigenvalue weighted by Crippen LogP contribution is 2.16. The van der Waals surface area contributed by atoms with Crippen molar-refractivity contribution in [2.75, 3.05) is 6.54 Å². The molecule has 0 aliphatic rings. The minimum atomic E-state index is -0.0824. The molecular formula is C23H22N4O. The minimum Gasteiger partial charge on any atom is -0.352 e. The number of carbonyl (C=O) groups is 1. The fraction of sp³-hybridized carbons (Fsp3) is 0.174. The van der Waals surface area contributed by atoms with E-state index in [0.29, 0.717) is 12.1 Å². The molecule has 0 saturated heterocycles. The van der Waals surface area contributed by atoms with E-state index in [-0.39, 0.29) is 5.91 Å². The van der Waals surface area contributed by atoms with Gasteiger partial charge in [0.05, 0.1) is 22.5 Å². The first kappa shape index (κ1) is 17.9. The van der Waals surface area contributed by atoms with Crippen LogP contribution in [-0.2, 0) is 6.42 Å². The Morgan fingerprint density at radius 2 is 1.86 bits per heavy atom. The van der Waals surface area contributed by atoms with Crippen molar-refractivity contribution in [1.82, 2.24) is 20.1 Å². The Hall–Kier alpha value is -3.47. The van der Waals surface area contributed by atoms with Crippen molar-refractivity contribution in [1.29, 1.82) is 0 Å². The van der Waals surface area contributed by atoms with Gasteiger partial charge in [0.25, 0.3) is 5.91 Å². The summed E-state index contributed by atoms with van der Waals surface area (Å²) in [6.45, 7) is 2.63. The van der Waals surface area contributed by atoms with Crippen molar-refractivity contribution in [2.24, 2.45) is 0 Å². The highest BCUT2D eigenvalue weighted by molar-refractivity contribution is 6.05. The number of rotatable bonds is 6. The Morgan fingerprint density at radius 1 is 1.04 bits per heavy atom. The highest BCUT2D eigenvalue weighted by atomic mass is 16.1. The molecule has 140 valence electrons. The molecule has 4 rings (SSSR count). The smallest absolute Gasteiger partial charge is 0.253 e. The van der Waals surface area contributed by atoms with Crippen molar-refractivity contribution in [3.8, 4) is 5.69 Å². The Bertz CT molecular complexity index is 1100.